The van der Waals surface area contributed by atoms with Gasteiger partial charge in [-0.25, -0.2) is 4.39 Å². The highest BCUT2D eigenvalue weighted by molar-refractivity contribution is 5.60. The molecule has 1 nitrogen and oxygen atoms in total. The van der Waals surface area contributed by atoms with Crippen molar-refractivity contribution in [3.8, 4) is 11.3 Å². The van der Waals surface area contributed by atoms with Gasteiger partial charge in [0.2, 0.25) is 0 Å². The molecule has 0 amide bonds. The van der Waals surface area contributed by atoms with Crippen molar-refractivity contribution in [1.29, 1.82) is 0 Å². The summed E-state index contributed by atoms with van der Waals surface area (Å²) in [5.41, 5.74) is -3.01. The Morgan fingerprint density at radius 1 is 0.857 bits per heavy atom. The summed E-state index contributed by atoms with van der Waals surface area (Å²) >= 11 is 0. The minimum Gasteiger partial charge on any atom is -0.255 e. The number of rotatable bonds is 1. The molecule has 0 aliphatic carbocycles. The van der Waals surface area contributed by atoms with Crippen LogP contribution in [-0.4, -0.2) is 4.98 Å². The van der Waals surface area contributed by atoms with Crippen LogP contribution >= 0.6 is 0 Å². The molecule has 0 radical (unpaired) electrons. The quantitative estimate of drug-likeness (QED) is 0.681. The Morgan fingerprint density at radius 3 is 2.05 bits per heavy atom. The highest BCUT2D eigenvalue weighted by Crippen LogP contribution is 2.34. The van der Waals surface area contributed by atoms with Gasteiger partial charge >= 0.3 is 12.4 Å². The fraction of sp³-hybridized carbons (Fsp3) is 0.154. The Bertz CT molecular complexity index is 658. The molecule has 0 unspecified atom stereocenters. The molecule has 0 atom stereocenters. The van der Waals surface area contributed by atoms with Gasteiger partial charge in [-0.1, -0.05) is 12.1 Å². The van der Waals surface area contributed by atoms with Gasteiger partial charge in [-0.3, -0.25) is 4.98 Å². The molecule has 2 aromatic rings. The van der Waals surface area contributed by atoms with Crippen LogP contribution < -0.4 is 0 Å². The first kappa shape index (κ1) is 15.3. The topological polar surface area (TPSA) is 12.9 Å². The summed E-state index contributed by atoms with van der Waals surface area (Å²) in [5, 5.41) is 0. The monoisotopic (exact) mass is 309 g/mol. The number of alkyl halides is 6. The molecule has 0 N–H and O–H groups in total. The zero-order valence-electron chi connectivity index (χ0n) is 10.1. The van der Waals surface area contributed by atoms with Gasteiger partial charge in [-0.15, -0.1) is 0 Å². The molecule has 0 spiro atoms. The van der Waals surface area contributed by atoms with Crippen LogP contribution in [0, 0.1) is 5.82 Å². The van der Waals surface area contributed by atoms with Gasteiger partial charge in [-0.2, -0.15) is 26.3 Å². The van der Waals surface area contributed by atoms with E-state index in [4.69, 9.17) is 0 Å². The van der Waals surface area contributed by atoms with Gasteiger partial charge in [0.25, 0.3) is 0 Å². The fourth-order valence-corrected chi connectivity index (χ4v) is 1.65. The van der Waals surface area contributed by atoms with Crippen LogP contribution in [0.15, 0.2) is 36.5 Å². The SMILES string of the molecule is Fc1cc(-c2cccc(C(F)(F)F)c2)ncc1C(F)(F)F. The number of halogens is 7. The molecule has 8 heteroatoms. The van der Waals surface area contributed by atoms with Crippen LogP contribution in [0.2, 0.25) is 0 Å². The summed E-state index contributed by atoms with van der Waals surface area (Å²) in [6.07, 6.45) is -9.27. The molecule has 1 aromatic heterocycles. The van der Waals surface area contributed by atoms with Gasteiger partial charge in [-0.05, 0) is 12.1 Å². The first-order valence-electron chi connectivity index (χ1n) is 5.49. The van der Waals surface area contributed by atoms with Gasteiger partial charge in [0.1, 0.15) is 11.4 Å². The van der Waals surface area contributed by atoms with E-state index < -0.39 is 29.3 Å². The van der Waals surface area contributed by atoms with Crippen molar-refractivity contribution in [1.82, 2.24) is 4.98 Å². The van der Waals surface area contributed by atoms with Crippen molar-refractivity contribution in [2.75, 3.05) is 0 Å². The average molecular weight is 309 g/mol. The number of nitrogens with zero attached hydrogens (tertiary/aromatic N) is 1. The van der Waals surface area contributed by atoms with Crippen LogP contribution in [0.25, 0.3) is 11.3 Å². The molecule has 0 fully saturated rings. The smallest absolute Gasteiger partial charge is 0.255 e. The molecule has 0 aliphatic heterocycles. The number of pyridine rings is 1. The molecule has 0 aliphatic rings. The lowest BCUT2D eigenvalue weighted by Crippen LogP contribution is -2.09. The van der Waals surface area contributed by atoms with Gasteiger partial charge < -0.3 is 0 Å². The Hall–Kier alpha value is -2.12. The number of hydrogen-bond donors (Lipinski definition) is 0. The largest absolute Gasteiger partial charge is 0.420 e. The molecular formula is C13H6F7N. The second-order valence-corrected chi connectivity index (χ2v) is 4.13. The molecule has 1 heterocycles. The predicted molar refractivity (Wildman–Crippen MR) is 59.6 cm³/mol. The first-order valence-corrected chi connectivity index (χ1v) is 5.49. The molecular weight excluding hydrogens is 303 g/mol. The molecule has 1 aromatic carbocycles. The maximum atomic E-state index is 13.4. The molecule has 0 saturated carbocycles. The standard InChI is InChI=1S/C13H6F7N/c14-10-5-11(21-6-9(10)13(18,19)20)7-2-1-3-8(4-7)12(15,16)17/h1-6H. The van der Waals surface area contributed by atoms with Crippen molar-refractivity contribution >= 4 is 0 Å². The molecule has 0 bridgehead atoms. The van der Waals surface area contributed by atoms with Crippen LogP contribution in [0.4, 0.5) is 30.7 Å². The number of aromatic nitrogens is 1. The third-order valence-electron chi connectivity index (χ3n) is 2.64. The van der Waals surface area contributed by atoms with Gasteiger partial charge in [0.15, 0.2) is 0 Å². The lowest BCUT2D eigenvalue weighted by molar-refractivity contribution is -0.140. The van der Waals surface area contributed by atoms with Crippen LogP contribution in [0.5, 0.6) is 0 Å². The summed E-state index contributed by atoms with van der Waals surface area (Å²) in [4.78, 5) is 3.37. The summed E-state index contributed by atoms with van der Waals surface area (Å²) in [6, 6.07) is 4.21. The van der Waals surface area contributed by atoms with Gasteiger partial charge in [0, 0.05) is 17.8 Å². The highest BCUT2D eigenvalue weighted by Gasteiger charge is 2.35. The van der Waals surface area contributed by atoms with E-state index in [0.29, 0.717) is 12.1 Å². The van der Waals surface area contributed by atoms with Crippen molar-refractivity contribution < 1.29 is 30.7 Å². The summed E-state index contributed by atoms with van der Waals surface area (Å²) in [7, 11) is 0. The van der Waals surface area contributed by atoms with E-state index in [0.717, 1.165) is 12.1 Å². The maximum Gasteiger partial charge on any atom is 0.420 e. The summed E-state index contributed by atoms with van der Waals surface area (Å²) < 4.78 is 88.1. The summed E-state index contributed by atoms with van der Waals surface area (Å²) in [6.45, 7) is 0. The Balaban J connectivity index is 2.47. The Kier molecular flexibility index (Phi) is 3.65. The van der Waals surface area contributed by atoms with Crippen molar-refractivity contribution in [2.24, 2.45) is 0 Å². The van der Waals surface area contributed by atoms with E-state index in [2.05, 4.69) is 4.98 Å². The fourth-order valence-electron chi connectivity index (χ4n) is 1.65. The zero-order valence-corrected chi connectivity index (χ0v) is 10.1. The van der Waals surface area contributed by atoms with Gasteiger partial charge in [0.05, 0.1) is 11.3 Å². The second-order valence-electron chi connectivity index (χ2n) is 4.13. The minimum atomic E-state index is -4.91. The van der Waals surface area contributed by atoms with Crippen molar-refractivity contribution in [2.45, 2.75) is 12.4 Å². The molecule has 112 valence electrons. The van der Waals surface area contributed by atoms with E-state index in [1.807, 2.05) is 0 Å². The molecule has 21 heavy (non-hydrogen) atoms. The number of hydrogen-bond acceptors (Lipinski definition) is 1. The predicted octanol–water partition coefficient (Wildman–Crippen LogP) is 4.93. The number of benzene rings is 1. The minimum absolute atomic E-state index is 0.127. The van der Waals surface area contributed by atoms with Crippen LogP contribution in [0.1, 0.15) is 11.1 Å². The van der Waals surface area contributed by atoms with Crippen molar-refractivity contribution in [3.05, 3.63) is 53.5 Å². The maximum absolute atomic E-state index is 13.4. The van der Waals surface area contributed by atoms with Crippen LogP contribution in [0.3, 0.4) is 0 Å². The van der Waals surface area contributed by atoms with E-state index in [1.54, 1.807) is 0 Å². The molecule has 2 rings (SSSR count). The van der Waals surface area contributed by atoms with Crippen molar-refractivity contribution in [3.63, 3.8) is 0 Å². The molecule has 0 saturated heterocycles. The van der Waals surface area contributed by atoms with E-state index in [1.165, 1.54) is 6.07 Å². The first-order chi connectivity index (χ1) is 9.59. The highest BCUT2D eigenvalue weighted by atomic mass is 19.4. The zero-order chi connectivity index (χ0) is 15.8. The van der Waals surface area contributed by atoms with E-state index >= 15 is 0 Å². The average Bonchev–Trinajstić information content (AvgIpc) is 2.36. The summed E-state index contributed by atoms with van der Waals surface area (Å²) in [5.74, 6) is -1.59. The lowest BCUT2D eigenvalue weighted by atomic mass is 10.1. The third-order valence-corrected chi connectivity index (χ3v) is 2.64. The van der Waals surface area contributed by atoms with E-state index in [-0.39, 0.29) is 17.5 Å². The lowest BCUT2D eigenvalue weighted by Gasteiger charge is -2.10. The Labute approximate surface area is 114 Å². The third kappa shape index (κ3) is 3.32. The van der Waals surface area contributed by atoms with E-state index in [9.17, 15) is 30.7 Å². The second kappa shape index (κ2) is 5.01. The van der Waals surface area contributed by atoms with Crippen LogP contribution in [-0.2, 0) is 12.4 Å². The normalized spacial score (nSPS) is 12.5. The Morgan fingerprint density at radius 2 is 1.52 bits per heavy atom.